The first-order chi connectivity index (χ1) is 11.2. The Hall–Kier alpha value is -2.76. The second-order valence-electron chi connectivity index (χ2n) is 4.81. The van der Waals surface area contributed by atoms with Crippen LogP contribution in [0.3, 0.4) is 0 Å². The van der Waals surface area contributed by atoms with Crippen molar-refractivity contribution in [3.05, 3.63) is 54.0 Å². The molecule has 2 aromatic rings. The number of methoxy groups -OCH3 is 1. The van der Waals surface area contributed by atoms with Gasteiger partial charge in [-0.05, 0) is 24.6 Å². The van der Waals surface area contributed by atoms with E-state index in [2.05, 4.69) is 10.1 Å². The molecule has 0 fully saturated rings. The van der Waals surface area contributed by atoms with Crippen LogP contribution in [-0.4, -0.2) is 25.5 Å². The van der Waals surface area contributed by atoms with Crippen molar-refractivity contribution in [2.75, 3.05) is 13.7 Å². The van der Waals surface area contributed by atoms with Gasteiger partial charge < -0.3 is 19.2 Å². The first kappa shape index (κ1) is 16.6. The Morgan fingerprint density at radius 3 is 2.70 bits per heavy atom. The van der Waals surface area contributed by atoms with Gasteiger partial charge in [0.25, 0.3) is 5.91 Å². The third-order valence-electron chi connectivity index (χ3n) is 3.16. The summed E-state index contributed by atoms with van der Waals surface area (Å²) in [5.41, 5.74) is 0.666. The SMILES string of the molecule is COC(=O)CCCNC(=O)c1occc1COc1ccccc1. The summed E-state index contributed by atoms with van der Waals surface area (Å²) in [6, 6.07) is 11.0. The molecule has 1 N–H and O–H groups in total. The number of esters is 1. The minimum Gasteiger partial charge on any atom is -0.489 e. The summed E-state index contributed by atoms with van der Waals surface area (Å²) in [6.07, 6.45) is 2.22. The molecule has 0 saturated heterocycles. The molecule has 122 valence electrons. The fraction of sp³-hybridized carbons (Fsp3) is 0.294. The maximum atomic E-state index is 12.1. The number of carbonyl (C=O) groups is 2. The summed E-state index contributed by atoms with van der Waals surface area (Å²) in [6.45, 7) is 0.610. The van der Waals surface area contributed by atoms with Crippen molar-refractivity contribution in [3.63, 3.8) is 0 Å². The molecule has 2 rings (SSSR count). The first-order valence-corrected chi connectivity index (χ1v) is 7.30. The van der Waals surface area contributed by atoms with Crippen molar-refractivity contribution < 1.29 is 23.5 Å². The lowest BCUT2D eigenvalue weighted by Gasteiger charge is -2.07. The molecule has 1 amide bonds. The van der Waals surface area contributed by atoms with Crippen molar-refractivity contribution >= 4 is 11.9 Å². The number of carbonyl (C=O) groups excluding carboxylic acids is 2. The van der Waals surface area contributed by atoms with E-state index in [4.69, 9.17) is 9.15 Å². The molecule has 6 nitrogen and oxygen atoms in total. The summed E-state index contributed by atoms with van der Waals surface area (Å²) in [4.78, 5) is 23.1. The van der Waals surface area contributed by atoms with Crippen molar-refractivity contribution in [1.29, 1.82) is 0 Å². The fourth-order valence-electron chi connectivity index (χ4n) is 1.94. The highest BCUT2D eigenvalue weighted by Crippen LogP contribution is 2.15. The molecule has 0 radical (unpaired) electrons. The number of ether oxygens (including phenoxy) is 2. The molecule has 1 aromatic carbocycles. The Morgan fingerprint density at radius 1 is 1.17 bits per heavy atom. The number of para-hydroxylation sites is 1. The molecule has 1 aromatic heterocycles. The van der Waals surface area contributed by atoms with Gasteiger partial charge in [-0.1, -0.05) is 18.2 Å². The van der Waals surface area contributed by atoms with Crippen LogP contribution in [0.2, 0.25) is 0 Å². The lowest BCUT2D eigenvalue weighted by molar-refractivity contribution is -0.140. The van der Waals surface area contributed by atoms with Crippen molar-refractivity contribution in [3.8, 4) is 5.75 Å². The Balaban J connectivity index is 1.82. The second-order valence-corrected chi connectivity index (χ2v) is 4.81. The summed E-state index contributed by atoms with van der Waals surface area (Å²) in [5.74, 6) is 0.317. The summed E-state index contributed by atoms with van der Waals surface area (Å²) >= 11 is 0. The molecule has 0 saturated carbocycles. The third kappa shape index (κ3) is 5.18. The van der Waals surface area contributed by atoms with Crippen molar-refractivity contribution in [2.45, 2.75) is 19.4 Å². The average Bonchev–Trinajstić information content (AvgIpc) is 3.06. The van der Waals surface area contributed by atoms with Gasteiger partial charge in [0.1, 0.15) is 12.4 Å². The van der Waals surface area contributed by atoms with Crippen LogP contribution in [0, 0.1) is 0 Å². The van der Waals surface area contributed by atoms with E-state index >= 15 is 0 Å². The van der Waals surface area contributed by atoms with Crippen LogP contribution in [0.4, 0.5) is 0 Å². The van der Waals surface area contributed by atoms with E-state index in [1.165, 1.54) is 13.4 Å². The molecule has 0 bridgehead atoms. The van der Waals surface area contributed by atoms with Crippen LogP contribution < -0.4 is 10.1 Å². The topological polar surface area (TPSA) is 77.8 Å². The van der Waals surface area contributed by atoms with Gasteiger partial charge in [0.2, 0.25) is 0 Å². The molecule has 0 aliphatic heterocycles. The molecule has 0 aliphatic rings. The van der Waals surface area contributed by atoms with Gasteiger partial charge in [-0.15, -0.1) is 0 Å². The van der Waals surface area contributed by atoms with E-state index < -0.39 is 0 Å². The Bertz CT molecular complexity index is 635. The first-order valence-electron chi connectivity index (χ1n) is 7.30. The van der Waals surface area contributed by atoms with Crippen LogP contribution in [0.1, 0.15) is 29.0 Å². The van der Waals surface area contributed by atoms with Crippen LogP contribution in [0.5, 0.6) is 5.75 Å². The van der Waals surface area contributed by atoms with Crippen LogP contribution in [0.15, 0.2) is 47.1 Å². The fourth-order valence-corrected chi connectivity index (χ4v) is 1.94. The van der Waals surface area contributed by atoms with Gasteiger partial charge in [0.05, 0.1) is 13.4 Å². The number of hydrogen-bond acceptors (Lipinski definition) is 5. The summed E-state index contributed by atoms with van der Waals surface area (Å²) in [5, 5.41) is 2.71. The minimum absolute atomic E-state index is 0.221. The predicted molar refractivity (Wildman–Crippen MR) is 83.1 cm³/mol. The van der Waals surface area contributed by atoms with Gasteiger partial charge in [0.15, 0.2) is 5.76 Å². The third-order valence-corrected chi connectivity index (χ3v) is 3.16. The molecule has 6 heteroatoms. The van der Waals surface area contributed by atoms with Crippen molar-refractivity contribution in [1.82, 2.24) is 5.32 Å². The number of rotatable bonds is 8. The van der Waals surface area contributed by atoms with E-state index in [9.17, 15) is 9.59 Å². The number of furan rings is 1. The Morgan fingerprint density at radius 2 is 1.96 bits per heavy atom. The predicted octanol–water partition coefficient (Wildman–Crippen LogP) is 2.54. The Kier molecular flexibility index (Phi) is 6.23. The van der Waals surface area contributed by atoms with Crippen LogP contribution >= 0.6 is 0 Å². The molecule has 0 atom stereocenters. The highest BCUT2D eigenvalue weighted by molar-refractivity contribution is 5.92. The zero-order valence-electron chi connectivity index (χ0n) is 12.9. The highest BCUT2D eigenvalue weighted by atomic mass is 16.5. The summed E-state index contributed by atoms with van der Waals surface area (Å²) in [7, 11) is 1.34. The van der Waals surface area contributed by atoms with E-state index in [1.54, 1.807) is 6.07 Å². The van der Waals surface area contributed by atoms with Gasteiger partial charge in [-0.3, -0.25) is 9.59 Å². The maximum Gasteiger partial charge on any atom is 0.305 e. The maximum absolute atomic E-state index is 12.1. The average molecular weight is 317 g/mol. The smallest absolute Gasteiger partial charge is 0.305 e. The van der Waals surface area contributed by atoms with Crippen LogP contribution in [-0.2, 0) is 16.1 Å². The molecular formula is C17H19NO5. The molecule has 0 spiro atoms. The van der Waals surface area contributed by atoms with E-state index in [0.29, 0.717) is 18.5 Å². The zero-order valence-corrected chi connectivity index (χ0v) is 12.9. The number of amides is 1. The molecular weight excluding hydrogens is 298 g/mol. The minimum atomic E-state index is -0.327. The van der Waals surface area contributed by atoms with Gasteiger partial charge in [-0.2, -0.15) is 0 Å². The zero-order chi connectivity index (χ0) is 16.5. The van der Waals surface area contributed by atoms with Gasteiger partial charge >= 0.3 is 5.97 Å². The molecule has 23 heavy (non-hydrogen) atoms. The second kappa shape index (κ2) is 8.63. The largest absolute Gasteiger partial charge is 0.489 e. The lowest BCUT2D eigenvalue weighted by atomic mass is 10.2. The Labute approximate surface area is 134 Å². The van der Waals surface area contributed by atoms with E-state index in [0.717, 1.165) is 5.75 Å². The summed E-state index contributed by atoms with van der Waals surface area (Å²) < 4.78 is 15.4. The number of benzene rings is 1. The van der Waals surface area contributed by atoms with Gasteiger partial charge in [0, 0.05) is 18.5 Å². The molecule has 0 unspecified atom stereocenters. The standard InChI is InChI=1S/C17H19NO5/c1-21-15(19)8-5-10-18-17(20)16-13(9-11-22-16)12-23-14-6-3-2-4-7-14/h2-4,6-7,9,11H,5,8,10,12H2,1H3,(H,18,20). The lowest BCUT2D eigenvalue weighted by Crippen LogP contribution is -2.25. The normalized spacial score (nSPS) is 10.1. The van der Waals surface area contributed by atoms with Crippen LogP contribution in [0.25, 0.3) is 0 Å². The molecule has 0 aliphatic carbocycles. The van der Waals surface area contributed by atoms with Gasteiger partial charge in [-0.25, -0.2) is 0 Å². The van der Waals surface area contributed by atoms with E-state index in [1.807, 2.05) is 30.3 Å². The quantitative estimate of drug-likeness (QED) is 0.598. The molecule has 1 heterocycles. The van der Waals surface area contributed by atoms with E-state index in [-0.39, 0.29) is 30.7 Å². The monoisotopic (exact) mass is 317 g/mol. The number of nitrogens with one attached hydrogen (secondary N) is 1. The highest BCUT2D eigenvalue weighted by Gasteiger charge is 2.15. The number of hydrogen-bond donors (Lipinski definition) is 1. The van der Waals surface area contributed by atoms with Crippen molar-refractivity contribution in [2.24, 2.45) is 0 Å².